The van der Waals surface area contributed by atoms with Gasteiger partial charge in [0.25, 0.3) is 0 Å². The van der Waals surface area contributed by atoms with Crippen LogP contribution in [0.3, 0.4) is 0 Å². The third-order valence-corrected chi connectivity index (χ3v) is 4.38. The zero-order valence-corrected chi connectivity index (χ0v) is 14.2. The van der Waals surface area contributed by atoms with Crippen LogP contribution in [0, 0.1) is 0 Å². The fourth-order valence-electron chi connectivity index (χ4n) is 2.71. The molecule has 0 amide bonds. The molecule has 0 bridgehead atoms. The molecular weight excluding hydrogens is 333 g/mol. The van der Waals surface area contributed by atoms with Crippen LogP contribution in [-0.4, -0.2) is 12.4 Å². The largest absolute Gasteiger partial charge is 0.490 e. The van der Waals surface area contributed by atoms with Crippen LogP contribution >= 0.6 is 23.2 Å². The Morgan fingerprint density at radius 1 is 1.22 bits per heavy atom. The number of benzene rings is 2. The van der Waals surface area contributed by atoms with Gasteiger partial charge >= 0.3 is 0 Å². The Morgan fingerprint density at radius 3 is 2.61 bits per heavy atom. The van der Waals surface area contributed by atoms with Crippen molar-refractivity contribution in [3.63, 3.8) is 0 Å². The van der Waals surface area contributed by atoms with Gasteiger partial charge in [0.15, 0.2) is 11.5 Å². The van der Waals surface area contributed by atoms with Gasteiger partial charge in [-0.15, -0.1) is 0 Å². The molecule has 1 heterocycles. The zero-order chi connectivity index (χ0) is 16.4. The lowest BCUT2D eigenvalue weighted by atomic mass is 9.92. The number of ether oxygens (including phenoxy) is 1. The molecular formula is C18H17Cl2NO2. The van der Waals surface area contributed by atoms with E-state index < -0.39 is 0 Å². The topological polar surface area (TPSA) is 38.3 Å². The van der Waals surface area contributed by atoms with Gasteiger partial charge in [-0.2, -0.15) is 0 Å². The molecule has 3 nitrogen and oxygen atoms in total. The first-order chi connectivity index (χ1) is 11.1. The number of halogens is 2. The van der Waals surface area contributed by atoms with E-state index in [-0.39, 0.29) is 11.8 Å². The summed E-state index contributed by atoms with van der Waals surface area (Å²) in [5.74, 6) is 0.615. The molecule has 0 saturated carbocycles. The number of fused-ring (bicyclic) bond motifs is 1. The van der Waals surface area contributed by atoms with E-state index in [1.807, 2.05) is 43.3 Å². The van der Waals surface area contributed by atoms with Gasteiger partial charge in [0.2, 0.25) is 0 Å². The van der Waals surface area contributed by atoms with E-state index in [0.717, 1.165) is 23.2 Å². The quantitative estimate of drug-likeness (QED) is 0.789. The molecule has 0 aromatic heterocycles. The Kier molecular flexibility index (Phi) is 4.79. The van der Waals surface area contributed by atoms with E-state index in [9.17, 15) is 4.79 Å². The maximum Gasteiger partial charge on any atom is 0.167 e. The summed E-state index contributed by atoms with van der Waals surface area (Å²) in [6.07, 6.45) is 1.25. The van der Waals surface area contributed by atoms with Crippen LogP contribution in [0.25, 0.3) is 0 Å². The summed E-state index contributed by atoms with van der Waals surface area (Å²) in [4.78, 5) is 12.3. The van der Waals surface area contributed by atoms with Gasteiger partial charge in [-0.25, -0.2) is 0 Å². The minimum Gasteiger partial charge on any atom is -0.490 e. The SMILES string of the molecule is CCCOc1c(Cl)cc(C2CC(=O)c3ccccc3N2)cc1Cl. The summed E-state index contributed by atoms with van der Waals surface area (Å²) in [6.45, 7) is 2.58. The third kappa shape index (κ3) is 3.31. The first kappa shape index (κ1) is 16.2. The molecule has 1 atom stereocenters. The van der Waals surface area contributed by atoms with Gasteiger partial charge in [0.05, 0.1) is 22.7 Å². The fourth-order valence-corrected chi connectivity index (χ4v) is 3.32. The van der Waals surface area contributed by atoms with Gasteiger partial charge in [0, 0.05) is 17.7 Å². The molecule has 0 aliphatic carbocycles. The van der Waals surface area contributed by atoms with Crippen LogP contribution in [0.4, 0.5) is 5.69 Å². The molecule has 1 aliphatic heterocycles. The zero-order valence-electron chi connectivity index (χ0n) is 12.7. The van der Waals surface area contributed by atoms with Crippen molar-refractivity contribution in [1.82, 2.24) is 0 Å². The number of hydrogen-bond donors (Lipinski definition) is 1. The van der Waals surface area contributed by atoms with Gasteiger partial charge in [-0.3, -0.25) is 4.79 Å². The van der Waals surface area contributed by atoms with Crippen molar-refractivity contribution in [1.29, 1.82) is 0 Å². The number of hydrogen-bond acceptors (Lipinski definition) is 3. The van der Waals surface area contributed by atoms with Crippen LogP contribution in [0.15, 0.2) is 36.4 Å². The van der Waals surface area contributed by atoms with E-state index in [0.29, 0.717) is 28.8 Å². The molecule has 2 aromatic rings. The predicted molar refractivity (Wildman–Crippen MR) is 94.0 cm³/mol. The number of carbonyl (C=O) groups excluding carboxylic acids is 1. The number of carbonyl (C=O) groups is 1. The van der Waals surface area contributed by atoms with Crippen molar-refractivity contribution in [3.8, 4) is 5.75 Å². The Labute approximate surface area is 145 Å². The second kappa shape index (κ2) is 6.81. The molecule has 0 spiro atoms. The molecule has 23 heavy (non-hydrogen) atoms. The van der Waals surface area contributed by atoms with Crippen molar-refractivity contribution in [3.05, 3.63) is 57.6 Å². The van der Waals surface area contributed by atoms with E-state index in [2.05, 4.69) is 5.32 Å². The van der Waals surface area contributed by atoms with Gasteiger partial charge in [-0.1, -0.05) is 42.3 Å². The smallest absolute Gasteiger partial charge is 0.167 e. The summed E-state index contributed by atoms with van der Waals surface area (Å²) in [5.41, 5.74) is 2.45. The van der Waals surface area contributed by atoms with Gasteiger partial charge in [0.1, 0.15) is 0 Å². The third-order valence-electron chi connectivity index (χ3n) is 3.82. The maximum absolute atomic E-state index is 12.3. The fraction of sp³-hybridized carbons (Fsp3) is 0.278. The van der Waals surface area contributed by atoms with Crippen LogP contribution < -0.4 is 10.1 Å². The molecule has 3 rings (SSSR count). The maximum atomic E-state index is 12.3. The molecule has 0 fully saturated rings. The summed E-state index contributed by atoms with van der Waals surface area (Å²) in [5, 5.41) is 4.32. The normalized spacial score (nSPS) is 16.7. The highest BCUT2D eigenvalue weighted by atomic mass is 35.5. The average Bonchev–Trinajstić information content (AvgIpc) is 2.54. The van der Waals surface area contributed by atoms with Crippen LogP contribution in [0.2, 0.25) is 10.0 Å². The van der Waals surface area contributed by atoms with Gasteiger partial charge in [-0.05, 0) is 36.2 Å². The Hall–Kier alpha value is -1.71. The number of para-hydroxylation sites is 1. The summed E-state index contributed by atoms with van der Waals surface area (Å²) < 4.78 is 5.59. The highest BCUT2D eigenvalue weighted by Crippen LogP contribution is 2.39. The molecule has 1 aliphatic rings. The summed E-state index contributed by atoms with van der Waals surface area (Å²) >= 11 is 12.6. The highest BCUT2D eigenvalue weighted by molar-refractivity contribution is 6.37. The van der Waals surface area contributed by atoms with E-state index in [1.165, 1.54) is 0 Å². The minimum absolute atomic E-state index is 0.114. The highest BCUT2D eigenvalue weighted by Gasteiger charge is 2.26. The molecule has 2 aromatic carbocycles. The first-order valence-corrected chi connectivity index (χ1v) is 8.36. The number of Topliss-reactive ketones (excluding diaryl/α,β-unsaturated/α-hetero) is 1. The lowest BCUT2D eigenvalue weighted by molar-refractivity contribution is 0.0972. The number of rotatable bonds is 4. The molecule has 0 radical (unpaired) electrons. The molecule has 0 saturated heterocycles. The molecule has 120 valence electrons. The average molecular weight is 350 g/mol. The number of anilines is 1. The lowest BCUT2D eigenvalue weighted by Gasteiger charge is -2.27. The summed E-state index contributed by atoms with van der Waals surface area (Å²) in [6, 6.07) is 11.0. The van der Waals surface area contributed by atoms with Crippen molar-refractivity contribution in [2.24, 2.45) is 0 Å². The van der Waals surface area contributed by atoms with Crippen molar-refractivity contribution < 1.29 is 9.53 Å². The number of nitrogens with one attached hydrogen (secondary N) is 1. The van der Waals surface area contributed by atoms with Crippen molar-refractivity contribution in [2.75, 3.05) is 11.9 Å². The van der Waals surface area contributed by atoms with Gasteiger partial charge < -0.3 is 10.1 Å². The van der Waals surface area contributed by atoms with E-state index in [4.69, 9.17) is 27.9 Å². The monoisotopic (exact) mass is 349 g/mol. The lowest BCUT2D eigenvalue weighted by Crippen LogP contribution is -2.22. The molecule has 1 unspecified atom stereocenters. The Bertz CT molecular complexity index is 723. The van der Waals surface area contributed by atoms with Crippen LogP contribution in [-0.2, 0) is 0 Å². The van der Waals surface area contributed by atoms with Crippen molar-refractivity contribution >= 4 is 34.7 Å². The standard InChI is InChI=1S/C18H17Cl2NO2/c1-2-7-23-18-13(19)8-11(9-14(18)20)16-10-17(22)12-5-3-4-6-15(12)21-16/h3-6,8-9,16,21H,2,7,10H2,1H3. The van der Waals surface area contributed by atoms with E-state index in [1.54, 1.807) is 0 Å². The Balaban J connectivity index is 1.90. The van der Waals surface area contributed by atoms with Crippen LogP contribution in [0.1, 0.15) is 41.7 Å². The molecule has 1 N–H and O–H groups in total. The second-order valence-electron chi connectivity index (χ2n) is 5.53. The number of ketones is 1. The summed E-state index contributed by atoms with van der Waals surface area (Å²) in [7, 11) is 0. The predicted octanol–water partition coefficient (Wildman–Crippen LogP) is 5.52. The Morgan fingerprint density at radius 2 is 1.91 bits per heavy atom. The van der Waals surface area contributed by atoms with Crippen LogP contribution in [0.5, 0.6) is 5.75 Å². The molecule has 5 heteroatoms. The second-order valence-corrected chi connectivity index (χ2v) is 6.35. The minimum atomic E-state index is -0.146. The van der Waals surface area contributed by atoms with E-state index >= 15 is 0 Å². The van der Waals surface area contributed by atoms with Crippen molar-refractivity contribution in [2.45, 2.75) is 25.8 Å². The first-order valence-electron chi connectivity index (χ1n) is 7.60.